The molecule has 2 aromatic rings. The van der Waals surface area contributed by atoms with Crippen LogP contribution < -0.4 is 5.32 Å². The molecule has 2 aliphatic heterocycles. The molecule has 1 aliphatic carbocycles. The Morgan fingerprint density at radius 1 is 1.14 bits per heavy atom. The molecule has 2 amide bonds. The summed E-state index contributed by atoms with van der Waals surface area (Å²) < 4.78 is 5.52. The Hall–Kier alpha value is -2.80. The molecule has 36 heavy (non-hydrogen) atoms. The van der Waals surface area contributed by atoms with Crippen molar-refractivity contribution in [1.29, 1.82) is 0 Å². The summed E-state index contributed by atoms with van der Waals surface area (Å²) in [6, 6.07) is 8.12. The lowest BCUT2D eigenvalue weighted by Gasteiger charge is -2.33. The first-order chi connectivity index (χ1) is 17.5. The van der Waals surface area contributed by atoms with Gasteiger partial charge in [-0.2, -0.15) is 0 Å². The topological polar surface area (TPSA) is 84.4 Å². The highest BCUT2D eigenvalue weighted by Gasteiger charge is 2.58. The minimum atomic E-state index is 0.126. The van der Waals surface area contributed by atoms with Gasteiger partial charge in [-0.05, 0) is 98.6 Å². The van der Waals surface area contributed by atoms with Crippen molar-refractivity contribution in [3.63, 3.8) is 0 Å². The number of hydrogen-bond donors (Lipinski definition) is 1. The van der Waals surface area contributed by atoms with E-state index in [1.54, 1.807) is 0 Å². The Kier molecular flexibility index (Phi) is 7.65. The lowest BCUT2D eigenvalue weighted by Crippen LogP contribution is -2.41. The van der Waals surface area contributed by atoms with Gasteiger partial charge < -0.3 is 15.0 Å². The molecule has 0 radical (unpaired) electrons. The third-order valence-corrected chi connectivity index (χ3v) is 8.30. The summed E-state index contributed by atoms with van der Waals surface area (Å²) >= 11 is 0. The van der Waals surface area contributed by atoms with Crippen molar-refractivity contribution in [2.75, 3.05) is 32.8 Å². The van der Waals surface area contributed by atoms with Crippen LogP contribution in [0.4, 0.5) is 0 Å². The van der Waals surface area contributed by atoms with Gasteiger partial charge in [-0.15, -0.1) is 0 Å². The van der Waals surface area contributed by atoms with Crippen LogP contribution in [0, 0.1) is 24.2 Å². The highest BCUT2D eigenvalue weighted by atomic mass is 16.5. The van der Waals surface area contributed by atoms with Crippen molar-refractivity contribution < 1.29 is 14.3 Å². The largest absolute Gasteiger partial charge is 0.381 e. The van der Waals surface area contributed by atoms with E-state index in [0.717, 1.165) is 94.7 Å². The molecule has 0 bridgehead atoms. The van der Waals surface area contributed by atoms with Crippen LogP contribution in [0.5, 0.6) is 0 Å². The molecule has 2 saturated heterocycles. The average molecular weight is 491 g/mol. The second kappa shape index (κ2) is 11.1. The quantitative estimate of drug-likeness (QED) is 0.606. The summed E-state index contributed by atoms with van der Waals surface area (Å²) in [6.07, 6.45) is 10.9. The van der Waals surface area contributed by atoms with Crippen molar-refractivity contribution in [1.82, 2.24) is 20.2 Å². The number of aromatic nitrogens is 2. The van der Waals surface area contributed by atoms with Crippen molar-refractivity contribution >= 4 is 11.8 Å². The van der Waals surface area contributed by atoms with Crippen molar-refractivity contribution in [2.24, 2.45) is 17.3 Å². The number of nitrogens with one attached hydrogen (secondary N) is 1. The summed E-state index contributed by atoms with van der Waals surface area (Å²) in [5, 5.41) is 3.17. The number of pyridine rings is 2. The average Bonchev–Trinajstić information content (AvgIpc) is 3.61. The molecule has 3 fully saturated rings. The maximum absolute atomic E-state index is 12.9. The first-order valence-electron chi connectivity index (χ1n) is 13.5. The monoisotopic (exact) mass is 490 g/mol. The van der Waals surface area contributed by atoms with E-state index < -0.39 is 0 Å². The third kappa shape index (κ3) is 5.94. The predicted octanol–water partition coefficient (Wildman–Crippen LogP) is 3.95. The highest BCUT2D eigenvalue weighted by molar-refractivity contribution is 5.83. The first-order valence-corrected chi connectivity index (χ1v) is 13.5. The van der Waals surface area contributed by atoms with E-state index in [1.165, 1.54) is 5.56 Å². The molecule has 3 aliphatic rings. The van der Waals surface area contributed by atoms with Gasteiger partial charge in [0.25, 0.3) is 0 Å². The van der Waals surface area contributed by atoms with Gasteiger partial charge in [-0.25, -0.2) is 0 Å². The molecule has 2 unspecified atom stereocenters. The fourth-order valence-corrected chi connectivity index (χ4v) is 5.86. The van der Waals surface area contributed by atoms with Crippen LogP contribution in [0.1, 0.15) is 56.1 Å². The number of likely N-dealkylation sites (tertiary alicyclic amines) is 1. The van der Waals surface area contributed by atoms with Gasteiger partial charge in [0.05, 0.1) is 18.0 Å². The number of carbonyl (C=O) groups excluding carboxylic acids is 2. The number of rotatable bonds is 8. The molecule has 7 heteroatoms. The Labute approximate surface area is 214 Å². The summed E-state index contributed by atoms with van der Waals surface area (Å²) in [5.74, 6) is 1.02. The number of nitrogens with zero attached hydrogens (tertiary/aromatic N) is 3. The van der Waals surface area contributed by atoms with E-state index in [4.69, 9.17) is 4.74 Å². The lowest BCUT2D eigenvalue weighted by atomic mass is 9.90. The molecule has 0 aromatic carbocycles. The van der Waals surface area contributed by atoms with E-state index in [2.05, 4.69) is 28.3 Å². The summed E-state index contributed by atoms with van der Waals surface area (Å²) in [6.45, 7) is 5.95. The maximum Gasteiger partial charge on any atom is 0.223 e. The number of piperidine rings is 1. The predicted molar refractivity (Wildman–Crippen MR) is 138 cm³/mol. The first kappa shape index (κ1) is 24.9. The maximum atomic E-state index is 12.9. The molecule has 1 saturated carbocycles. The molecule has 2 atom stereocenters. The smallest absolute Gasteiger partial charge is 0.223 e. The lowest BCUT2D eigenvalue weighted by molar-refractivity contribution is -0.133. The van der Waals surface area contributed by atoms with Gasteiger partial charge in [0.15, 0.2) is 0 Å². The fourth-order valence-electron chi connectivity index (χ4n) is 5.86. The van der Waals surface area contributed by atoms with Gasteiger partial charge in [-0.1, -0.05) is 0 Å². The minimum absolute atomic E-state index is 0.126. The number of carbonyl (C=O) groups is 2. The number of amides is 2. The van der Waals surface area contributed by atoms with Gasteiger partial charge in [0.1, 0.15) is 0 Å². The Morgan fingerprint density at radius 3 is 2.67 bits per heavy atom. The van der Waals surface area contributed by atoms with Gasteiger partial charge >= 0.3 is 0 Å². The SMILES string of the molecule is Cc1ccnc(-c2cc(CCCC(=O)N3CCC4(CC3)CC4C(=O)NCC3CCCOC3)ccn2)c1. The van der Waals surface area contributed by atoms with Crippen LogP contribution in [0.2, 0.25) is 0 Å². The second-order valence-corrected chi connectivity index (χ2v) is 10.9. The normalized spacial score (nSPS) is 22.9. The zero-order valence-corrected chi connectivity index (χ0v) is 21.4. The zero-order chi connectivity index (χ0) is 25.0. The van der Waals surface area contributed by atoms with Gasteiger partial charge in [0.2, 0.25) is 11.8 Å². The Balaban J connectivity index is 1.03. The van der Waals surface area contributed by atoms with Crippen molar-refractivity contribution in [3.8, 4) is 11.4 Å². The van der Waals surface area contributed by atoms with Gasteiger partial charge in [-0.3, -0.25) is 19.6 Å². The number of hydrogen-bond acceptors (Lipinski definition) is 5. The van der Waals surface area contributed by atoms with E-state index in [-0.39, 0.29) is 23.1 Å². The zero-order valence-electron chi connectivity index (χ0n) is 21.4. The number of aryl methyl sites for hydroxylation is 2. The third-order valence-electron chi connectivity index (χ3n) is 8.30. The Bertz CT molecular complexity index is 1070. The molecule has 4 heterocycles. The molecule has 2 aromatic heterocycles. The molecule has 1 spiro atoms. The van der Waals surface area contributed by atoms with E-state index in [0.29, 0.717) is 12.3 Å². The van der Waals surface area contributed by atoms with E-state index in [9.17, 15) is 9.59 Å². The fraction of sp³-hybridized carbons (Fsp3) is 0.586. The molecule has 1 N–H and O–H groups in total. The summed E-state index contributed by atoms with van der Waals surface area (Å²) in [5.41, 5.74) is 4.22. The second-order valence-electron chi connectivity index (χ2n) is 10.9. The van der Waals surface area contributed by atoms with Crippen LogP contribution in [0.3, 0.4) is 0 Å². The van der Waals surface area contributed by atoms with Crippen LogP contribution in [-0.2, 0) is 20.7 Å². The van der Waals surface area contributed by atoms with E-state index in [1.807, 2.05) is 35.5 Å². The molecular formula is C29H38N4O3. The van der Waals surface area contributed by atoms with Crippen LogP contribution >= 0.6 is 0 Å². The van der Waals surface area contributed by atoms with E-state index >= 15 is 0 Å². The van der Waals surface area contributed by atoms with Crippen molar-refractivity contribution in [2.45, 2.75) is 58.3 Å². The molecular weight excluding hydrogens is 452 g/mol. The molecule has 192 valence electrons. The van der Waals surface area contributed by atoms with Gasteiger partial charge in [0, 0.05) is 51.0 Å². The standard InChI is InChI=1S/C29H38N4O3/c1-21-7-11-30-25(16-21)26-17-22(8-12-31-26)4-2-6-27(34)33-13-9-29(10-14-33)18-24(29)28(35)32-19-23-5-3-15-36-20-23/h7-8,11-12,16-17,23-24H,2-6,9-10,13-15,18-20H2,1H3,(H,32,35). The van der Waals surface area contributed by atoms with Crippen LogP contribution in [0.15, 0.2) is 36.7 Å². The van der Waals surface area contributed by atoms with Crippen LogP contribution in [0.25, 0.3) is 11.4 Å². The minimum Gasteiger partial charge on any atom is -0.381 e. The molecule has 5 rings (SSSR count). The Morgan fingerprint density at radius 2 is 1.92 bits per heavy atom. The summed E-state index contributed by atoms with van der Waals surface area (Å²) in [4.78, 5) is 36.5. The summed E-state index contributed by atoms with van der Waals surface area (Å²) in [7, 11) is 0. The van der Waals surface area contributed by atoms with Crippen LogP contribution in [-0.4, -0.2) is 59.5 Å². The van der Waals surface area contributed by atoms with Crippen molar-refractivity contribution in [3.05, 3.63) is 47.8 Å². The highest BCUT2D eigenvalue weighted by Crippen LogP contribution is 2.59. The molecule has 7 nitrogen and oxygen atoms in total. The number of ether oxygens (including phenoxy) is 1.